The predicted octanol–water partition coefficient (Wildman–Crippen LogP) is 1.38. The molecule has 0 fully saturated rings. The highest BCUT2D eigenvalue weighted by Crippen LogP contribution is 2.10. The van der Waals surface area contributed by atoms with E-state index in [2.05, 4.69) is 0 Å². The van der Waals surface area contributed by atoms with E-state index in [9.17, 15) is 5.21 Å². The Hall–Kier alpha value is -1.10. The molecule has 0 aliphatic heterocycles. The molecule has 0 aliphatic rings. The van der Waals surface area contributed by atoms with Gasteiger partial charge in [0.1, 0.15) is 0 Å². The minimum Gasteiger partial charge on any atom is -0.307 e. The minimum atomic E-state index is 0.457. The SMILES string of the molecule is CN(C)CCON(O)c1ccccc1. The van der Waals surface area contributed by atoms with Crippen LogP contribution in [0.25, 0.3) is 0 Å². The molecule has 0 bridgehead atoms. The van der Waals surface area contributed by atoms with Gasteiger partial charge in [-0.3, -0.25) is 5.21 Å². The maximum absolute atomic E-state index is 9.43. The van der Waals surface area contributed by atoms with Crippen molar-refractivity contribution in [2.24, 2.45) is 0 Å². The van der Waals surface area contributed by atoms with E-state index in [-0.39, 0.29) is 0 Å². The first-order valence-electron chi connectivity index (χ1n) is 4.52. The number of rotatable bonds is 5. The molecule has 0 atom stereocenters. The summed E-state index contributed by atoms with van der Waals surface area (Å²) in [6, 6.07) is 9.12. The highest BCUT2D eigenvalue weighted by Gasteiger charge is 2.01. The van der Waals surface area contributed by atoms with Gasteiger partial charge < -0.3 is 4.90 Å². The fourth-order valence-corrected chi connectivity index (χ4v) is 0.940. The van der Waals surface area contributed by atoms with Crippen LogP contribution in [0.15, 0.2) is 30.3 Å². The summed E-state index contributed by atoms with van der Waals surface area (Å²) in [5.41, 5.74) is 0.631. The quantitative estimate of drug-likeness (QED) is 0.722. The molecule has 14 heavy (non-hydrogen) atoms. The number of nitrogens with zero attached hydrogens (tertiary/aromatic N) is 2. The number of likely N-dealkylation sites (N-methyl/N-ethyl adjacent to an activating group) is 1. The largest absolute Gasteiger partial charge is 0.307 e. The predicted molar refractivity (Wildman–Crippen MR) is 55.2 cm³/mol. The molecule has 1 aromatic rings. The van der Waals surface area contributed by atoms with Crippen molar-refractivity contribution in [1.29, 1.82) is 0 Å². The van der Waals surface area contributed by atoms with E-state index in [4.69, 9.17) is 4.84 Å². The Morgan fingerprint density at radius 1 is 1.21 bits per heavy atom. The summed E-state index contributed by atoms with van der Waals surface area (Å²) in [5.74, 6) is 0. The Morgan fingerprint density at radius 2 is 1.86 bits per heavy atom. The van der Waals surface area contributed by atoms with Gasteiger partial charge in [0.05, 0.1) is 12.3 Å². The van der Waals surface area contributed by atoms with E-state index in [0.29, 0.717) is 12.3 Å². The zero-order valence-electron chi connectivity index (χ0n) is 8.55. The zero-order valence-corrected chi connectivity index (χ0v) is 8.55. The Balaban J connectivity index is 2.32. The molecule has 0 saturated carbocycles. The number of hydrogen-bond acceptors (Lipinski definition) is 4. The first kappa shape index (κ1) is 11.0. The van der Waals surface area contributed by atoms with Crippen LogP contribution in [0.5, 0.6) is 0 Å². The van der Waals surface area contributed by atoms with Crippen molar-refractivity contribution in [3.8, 4) is 0 Å². The summed E-state index contributed by atoms with van der Waals surface area (Å²) in [6.07, 6.45) is 0. The molecule has 1 aromatic carbocycles. The van der Waals surface area contributed by atoms with Crippen molar-refractivity contribution in [1.82, 2.24) is 4.90 Å². The van der Waals surface area contributed by atoms with Crippen LogP contribution in [0, 0.1) is 0 Å². The van der Waals surface area contributed by atoms with Gasteiger partial charge in [-0.25, -0.2) is 4.84 Å². The average molecular weight is 196 g/mol. The summed E-state index contributed by atoms with van der Waals surface area (Å²) in [5, 5.41) is 10.2. The lowest BCUT2D eigenvalue weighted by atomic mass is 10.3. The molecule has 4 nitrogen and oxygen atoms in total. The van der Waals surface area contributed by atoms with E-state index >= 15 is 0 Å². The number of para-hydroxylation sites is 1. The Kier molecular flexibility index (Phi) is 4.39. The minimum absolute atomic E-state index is 0.457. The molecule has 0 spiro atoms. The number of benzene rings is 1. The third kappa shape index (κ3) is 3.74. The van der Waals surface area contributed by atoms with Gasteiger partial charge in [0, 0.05) is 6.54 Å². The van der Waals surface area contributed by atoms with Crippen molar-refractivity contribution in [2.45, 2.75) is 0 Å². The Labute approximate surface area is 84.2 Å². The third-order valence-electron chi connectivity index (χ3n) is 1.73. The lowest BCUT2D eigenvalue weighted by Crippen LogP contribution is -2.25. The van der Waals surface area contributed by atoms with Gasteiger partial charge in [-0.1, -0.05) is 18.2 Å². The van der Waals surface area contributed by atoms with Crippen LogP contribution in [0.3, 0.4) is 0 Å². The van der Waals surface area contributed by atoms with Crippen LogP contribution in [-0.2, 0) is 4.84 Å². The van der Waals surface area contributed by atoms with Crippen molar-refractivity contribution >= 4 is 5.69 Å². The number of anilines is 1. The van der Waals surface area contributed by atoms with E-state index in [1.165, 1.54) is 0 Å². The lowest BCUT2D eigenvalue weighted by Gasteiger charge is -2.17. The molecule has 4 heteroatoms. The highest BCUT2D eigenvalue weighted by molar-refractivity contribution is 5.40. The molecule has 0 aliphatic carbocycles. The van der Waals surface area contributed by atoms with Crippen LogP contribution in [0.4, 0.5) is 5.69 Å². The van der Waals surface area contributed by atoms with Crippen molar-refractivity contribution in [3.63, 3.8) is 0 Å². The summed E-state index contributed by atoms with van der Waals surface area (Å²) < 4.78 is 0. The molecule has 0 heterocycles. The topological polar surface area (TPSA) is 35.9 Å². The molecule has 0 amide bonds. The van der Waals surface area contributed by atoms with Crippen LogP contribution in [0.1, 0.15) is 0 Å². The summed E-state index contributed by atoms with van der Waals surface area (Å²) >= 11 is 0. The van der Waals surface area contributed by atoms with Gasteiger partial charge in [0.25, 0.3) is 0 Å². The lowest BCUT2D eigenvalue weighted by molar-refractivity contribution is -0.0446. The van der Waals surface area contributed by atoms with E-state index in [1.807, 2.05) is 37.2 Å². The van der Waals surface area contributed by atoms with Gasteiger partial charge in [0.15, 0.2) is 0 Å². The first-order valence-corrected chi connectivity index (χ1v) is 4.52. The monoisotopic (exact) mass is 196 g/mol. The van der Waals surface area contributed by atoms with Gasteiger partial charge in [-0.15, -0.1) is 5.23 Å². The van der Waals surface area contributed by atoms with Crippen LogP contribution >= 0.6 is 0 Å². The van der Waals surface area contributed by atoms with Crippen molar-refractivity contribution in [2.75, 3.05) is 32.5 Å². The maximum Gasteiger partial charge on any atom is 0.0945 e. The highest BCUT2D eigenvalue weighted by atomic mass is 16.9. The number of hydrogen-bond donors (Lipinski definition) is 1. The summed E-state index contributed by atoms with van der Waals surface area (Å²) in [4.78, 5) is 7.07. The third-order valence-corrected chi connectivity index (χ3v) is 1.73. The molecule has 0 saturated heterocycles. The maximum atomic E-state index is 9.43. The van der Waals surface area contributed by atoms with Gasteiger partial charge in [-0.05, 0) is 26.2 Å². The van der Waals surface area contributed by atoms with E-state index in [0.717, 1.165) is 11.8 Å². The van der Waals surface area contributed by atoms with Crippen LogP contribution < -0.4 is 5.23 Å². The Bertz CT molecular complexity index is 252. The summed E-state index contributed by atoms with van der Waals surface area (Å²) in [7, 11) is 3.90. The molecular formula is C10H16N2O2. The van der Waals surface area contributed by atoms with Crippen LogP contribution in [0.2, 0.25) is 0 Å². The molecule has 0 unspecified atom stereocenters. The molecule has 78 valence electrons. The second-order valence-corrected chi connectivity index (χ2v) is 3.24. The second kappa shape index (κ2) is 5.59. The molecule has 0 aromatic heterocycles. The van der Waals surface area contributed by atoms with E-state index < -0.39 is 0 Å². The standard InChI is InChI=1S/C10H16N2O2/c1-11(2)8-9-14-12(13)10-6-4-3-5-7-10/h3-7,13H,8-9H2,1-2H3. The van der Waals surface area contributed by atoms with Gasteiger partial charge >= 0.3 is 0 Å². The van der Waals surface area contributed by atoms with Crippen molar-refractivity contribution < 1.29 is 10.0 Å². The van der Waals surface area contributed by atoms with Gasteiger partial charge in [-0.2, -0.15) is 0 Å². The average Bonchev–Trinajstić information content (AvgIpc) is 2.18. The zero-order chi connectivity index (χ0) is 10.4. The second-order valence-electron chi connectivity index (χ2n) is 3.24. The van der Waals surface area contributed by atoms with Crippen molar-refractivity contribution in [3.05, 3.63) is 30.3 Å². The normalized spacial score (nSPS) is 10.6. The summed E-state index contributed by atoms with van der Waals surface area (Å²) in [6.45, 7) is 1.22. The molecule has 1 rings (SSSR count). The van der Waals surface area contributed by atoms with Crippen LogP contribution in [-0.4, -0.2) is 37.4 Å². The van der Waals surface area contributed by atoms with Gasteiger partial charge in [0.2, 0.25) is 0 Å². The molecule has 0 radical (unpaired) electrons. The first-order chi connectivity index (χ1) is 6.70. The van der Waals surface area contributed by atoms with E-state index in [1.54, 1.807) is 12.1 Å². The molecular weight excluding hydrogens is 180 g/mol. The molecule has 1 N–H and O–H groups in total. The smallest absolute Gasteiger partial charge is 0.0945 e. The fraction of sp³-hybridized carbons (Fsp3) is 0.400. The fourth-order valence-electron chi connectivity index (χ4n) is 0.940. The Morgan fingerprint density at radius 3 is 2.43 bits per heavy atom.